The Labute approximate surface area is 128 Å². The maximum atomic E-state index is 12.4. The van der Waals surface area contributed by atoms with E-state index >= 15 is 0 Å². The van der Waals surface area contributed by atoms with Gasteiger partial charge in [-0.05, 0) is 19.3 Å². The van der Waals surface area contributed by atoms with E-state index in [1.54, 1.807) is 0 Å². The van der Waals surface area contributed by atoms with E-state index in [2.05, 4.69) is 5.32 Å². The van der Waals surface area contributed by atoms with E-state index < -0.39 is 29.4 Å². The van der Waals surface area contributed by atoms with Crippen molar-refractivity contribution in [3.63, 3.8) is 0 Å². The van der Waals surface area contributed by atoms with Crippen molar-refractivity contribution in [3.8, 4) is 0 Å². The summed E-state index contributed by atoms with van der Waals surface area (Å²) in [4.78, 5) is 49.8. The summed E-state index contributed by atoms with van der Waals surface area (Å²) in [7, 11) is 0. The van der Waals surface area contributed by atoms with Gasteiger partial charge in [0.05, 0.1) is 5.92 Å². The fourth-order valence-electron chi connectivity index (χ4n) is 2.97. The van der Waals surface area contributed by atoms with Crippen LogP contribution in [0.2, 0.25) is 0 Å². The Kier molecular flexibility index (Phi) is 4.39. The maximum absolute atomic E-state index is 12.4. The van der Waals surface area contributed by atoms with Crippen LogP contribution >= 0.6 is 0 Å². The maximum Gasteiger partial charge on any atom is 0.325 e. The zero-order chi connectivity index (χ0) is 16.5. The van der Waals surface area contributed by atoms with Crippen molar-refractivity contribution in [2.75, 3.05) is 19.6 Å². The lowest BCUT2D eigenvalue weighted by atomic mass is 9.93. The number of carbonyl (C=O) groups is 4. The third kappa shape index (κ3) is 2.65. The monoisotopic (exact) mass is 311 g/mol. The molecular weight excluding hydrogens is 290 g/mol. The van der Waals surface area contributed by atoms with Crippen LogP contribution in [-0.2, 0) is 14.4 Å². The molecule has 2 N–H and O–H groups in total. The number of carboxylic acid groups (broad SMARTS) is 1. The summed E-state index contributed by atoms with van der Waals surface area (Å²) in [5.74, 6) is -2.28. The largest absolute Gasteiger partial charge is 0.481 e. The van der Waals surface area contributed by atoms with Crippen LogP contribution in [0.1, 0.15) is 33.1 Å². The third-order valence-corrected chi connectivity index (χ3v) is 4.64. The SMILES string of the molecule is CCC1(CC)NC(=O)N(CC(=O)N2CCC(C(=O)O)C2)C1=O. The van der Waals surface area contributed by atoms with Gasteiger partial charge in [0.25, 0.3) is 5.91 Å². The summed E-state index contributed by atoms with van der Waals surface area (Å²) in [5.41, 5.74) is -0.925. The van der Waals surface area contributed by atoms with Crippen molar-refractivity contribution in [1.29, 1.82) is 0 Å². The first-order valence-electron chi connectivity index (χ1n) is 7.49. The average Bonchev–Trinajstić information content (AvgIpc) is 3.06. The molecule has 0 aromatic rings. The Hall–Kier alpha value is -2.12. The highest BCUT2D eigenvalue weighted by Crippen LogP contribution is 2.25. The zero-order valence-electron chi connectivity index (χ0n) is 12.8. The Bertz CT molecular complexity index is 515. The Balaban J connectivity index is 2.02. The highest BCUT2D eigenvalue weighted by Gasteiger charge is 2.49. The van der Waals surface area contributed by atoms with Gasteiger partial charge in [0.15, 0.2) is 0 Å². The first-order valence-corrected chi connectivity index (χ1v) is 7.49. The summed E-state index contributed by atoms with van der Waals surface area (Å²) >= 11 is 0. The van der Waals surface area contributed by atoms with Gasteiger partial charge in [-0.15, -0.1) is 0 Å². The molecule has 122 valence electrons. The number of aliphatic carboxylic acids is 1. The summed E-state index contributed by atoms with van der Waals surface area (Å²) < 4.78 is 0. The minimum absolute atomic E-state index is 0.129. The van der Waals surface area contributed by atoms with Gasteiger partial charge in [0.1, 0.15) is 12.1 Å². The van der Waals surface area contributed by atoms with Crippen molar-refractivity contribution in [2.45, 2.75) is 38.6 Å². The number of urea groups is 1. The molecule has 2 fully saturated rings. The molecule has 0 aromatic heterocycles. The number of hydrogen-bond donors (Lipinski definition) is 2. The van der Waals surface area contributed by atoms with Gasteiger partial charge in [-0.3, -0.25) is 19.3 Å². The van der Waals surface area contributed by atoms with Crippen LogP contribution in [0.4, 0.5) is 4.79 Å². The van der Waals surface area contributed by atoms with E-state index in [0.717, 1.165) is 4.90 Å². The summed E-state index contributed by atoms with van der Waals surface area (Å²) in [6, 6.07) is -0.559. The minimum atomic E-state index is -0.929. The molecule has 8 nitrogen and oxygen atoms in total. The molecule has 2 aliphatic heterocycles. The second-order valence-corrected chi connectivity index (χ2v) is 5.77. The molecule has 2 heterocycles. The number of carboxylic acids is 1. The number of carbonyl (C=O) groups excluding carboxylic acids is 3. The van der Waals surface area contributed by atoms with Gasteiger partial charge in [0.2, 0.25) is 5.91 Å². The lowest BCUT2D eigenvalue weighted by Crippen LogP contribution is -2.47. The number of nitrogens with one attached hydrogen (secondary N) is 1. The van der Waals surface area contributed by atoms with Gasteiger partial charge in [-0.2, -0.15) is 0 Å². The van der Waals surface area contributed by atoms with Crippen LogP contribution in [0.25, 0.3) is 0 Å². The molecule has 8 heteroatoms. The second-order valence-electron chi connectivity index (χ2n) is 5.77. The third-order valence-electron chi connectivity index (χ3n) is 4.64. The van der Waals surface area contributed by atoms with Gasteiger partial charge >= 0.3 is 12.0 Å². The van der Waals surface area contributed by atoms with Crippen molar-refractivity contribution in [2.24, 2.45) is 5.92 Å². The quantitative estimate of drug-likeness (QED) is 0.697. The number of likely N-dealkylation sites (tertiary alicyclic amines) is 1. The molecular formula is C14H21N3O5. The number of hydrogen-bond acceptors (Lipinski definition) is 4. The first-order chi connectivity index (χ1) is 10.3. The fraction of sp³-hybridized carbons (Fsp3) is 0.714. The Morgan fingerprint density at radius 1 is 1.32 bits per heavy atom. The van der Waals surface area contributed by atoms with Gasteiger partial charge in [0, 0.05) is 13.1 Å². The number of amides is 4. The molecule has 0 spiro atoms. The zero-order valence-corrected chi connectivity index (χ0v) is 12.8. The molecule has 1 unspecified atom stereocenters. The van der Waals surface area contributed by atoms with E-state index in [1.165, 1.54) is 4.90 Å². The smallest absolute Gasteiger partial charge is 0.325 e. The van der Waals surface area contributed by atoms with Gasteiger partial charge in [-0.25, -0.2) is 4.79 Å². The Morgan fingerprint density at radius 3 is 2.41 bits per heavy atom. The van der Waals surface area contributed by atoms with Crippen molar-refractivity contribution >= 4 is 23.8 Å². The van der Waals surface area contributed by atoms with E-state index in [-0.39, 0.29) is 19.0 Å². The molecule has 2 rings (SSSR count). The predicted octanol–water partition coefficient (Wildman–Crippen LogP) is 0.0301. The Morgan fingerprint density at radius 2 is 1.95 bits per heavy atom. The second kappa shape index (κ2) is 5.94. The van der Waals surface area contributed by atoms with Crippen LogP contribution in [0, 0.1) is 5.92 Å². The normalized spacial score (nSPS) is 23.8. The van der Waals surface area contributed by atoms with E-state index in [4.69, 9.17) is 5.11 Å². The first kappa shape index (κ1) is 16.3. The molecule has 0 radical (unpaired) electrons. The van der Waals surface area contributed by atoms with Crippen LogP contribution in [-0.4, -0.2) is 63.9 Å². The topological polar surface area (TPSA) is 107 Å². The van der Waals surface area contributed by atoms with Crippen LogP contribution < -0.4 is 5.32 Å². The van der Waals surface area contributed by atoms with E-state index in [0.29, 0.717) is 25.8 Å². The molecule has 0 saturated carbocycles. The fourth-order valence-corrected chi connectivity index (χ4v) is 2.97. The molecule has 2 saturated heterocycles. The molecule has 0 bridgehead atoms. The molecule has 4 amide bonds. The van der Waals surface area contributed by atoms with E-state index in [1.807, 2.05) is 13.8 Å². The number of imide groups is 1. The predicted molar refractivity (Wildman–Crippen MR) is 75.9 cm³/mol. The van der Waals surface area contributed by atoms with Gasteiger partial charge < -0.3 is 15.3 Å². The summed E-state index contributed by atoms with van der Waals surface area (Å²) in [6.45, 7) is 3.76. The van der Waals surface area contributed by atoms with Crippen LogP contribution in [0.3, 0.4) is 0 Å². The molecule has 0 aliphatic carbocycles. The summed E-state index contributed by atoms with van der Waals surface area (Å²) in [6.07, 6.45) is 1.32. The number of rotatable bonds is 5. The molecule has 0 aromatic carbocycles. The van der Waals surface area contributed by atoms with Crippen LogP contribution in [0.5, 0.6) is 0 Å². The van der Waals surface area contributed by atoms with Crippen molar-refractivity contribution < 1.29 is 24.3 Å². The minimum Gasteiger partial charge on any atom is -0.481 e. The lowest BCUT2D eigenvalue weighted by Gasteiger charge is -2.23. The molecule has 22 heavy (non-hydrogen) atoms. The highest BCUT2D eigenvalue weighted by atomic mass is 16.4. The van der Waals surface area contributed by atoms with Crippen molar-refractivity contribution in [3.05, 3.63) is 0 Å². The average molecular weight is 311 g/mol. The number of nitrogens with zero attached hydrogens (tertiary/aromatic N) is 2. The summed E-state index contributed by atoms with van der Waals surface area (Å²) in [5, 5.41) is 11.6. The molecule has 1 atom stereocenters. The van der Waals surface area contributed by atoms with E-state index in [9.17, 15) is 19.2 Å². The van der Waals surface area contributed by atoms with Gasteiger partial charge in [-0.1, -0.05) is 13.8 Å². The molecule has 2 aliphatic rings. The highest BCUT2D eigenvalue weighted by molar-refractivity contribution is 6.09. The standard InChI is InChI=1S/C14H21N3O5/c1-3-14(4-2)12(21)17(13(22)15-14)8-10(18)16-6-5-9(7-16)11(19)20/h9H,3-8H2,1-2H3,(H,15,22)(H,19,20). The van der Waals surface area contributed by atoms with Crippen LogP contribution in [0.15, 0.2) is 0 Å². The van der Waals surface area contributed by atoms with Crippen molar-refractivity contribution in [1.82, 2.24) is 15.1 Å². The lowest BCUT2D eigenvalue weighted by molar-refractivity contribution is -0.142.